The lowest BCUT2D eigenvalue weighted by Crippen LogP contribution is -2.40. The number of hydrogen-bond acceptors (Lipinski definition) is 3. The molecule has 1 aromatic heterocycles. The van der Waals surface area contributed by atoms with Crippen molar-refractivity contribution < 1.29 is 4.79 Å². The van der Waals surface area contributed by atoms with Gasteiger partial charge in [0, 0.05) is 17.5 Å². The molecule has 4 heteroatoms. The molecule has 2 heterocycles. The Morgan fingerprint density at radius 2 is 2.53 bits per heavy atom. The summed E-state index contributed by atoms with van der Waals surface area (Å²) in [6.07, 6.45) is 3.00. The Balaban J connectivity index is 1.72. The van der Waals surface area contributed by atoms with Crippen molar-refractivity contribution in [2.75, 3.05) is 19.6 Å². The third-order valence-electron chi connectivity index (χ3n) is 3.35. The van der Waals surface area contributed by atoms with E-state index in [2.05, 4.69) is 17.1 Å². The first kappa shape index (κ1) is 12.6. The van der Waals surface area contributed by atoms with Crippen LogP contribution in [0.4, 0.5) is 0 Å². The van der Waals surface area contributed by atoms with Gasteiger partial charge in [-0.1, -0.05) is 13.0 Å². The number of nitrogens with one attached hydrogen (secondary N) is 1. The number of hydrogen-bond donors (Lipinski definition) is 1. The quantitative estimate of drug-likeness (QED) is 0.868. The second kappa shape index (κ2) is 6.17. The summed E-state index contributed by atoms with van der Waals surface area (Å²) in [5.74, 6) is 0.149. The Morgan fingerprint density at radius 1 is 1.65 bits per heavy atom. The van der Waals surface area contributed by atoms with E-state index in [0.717, 1.165) is 18.0 Å². The molecule has 17 heavy (non-hydrogen) atoms. The summed E-state index contributed by atoms with van der Waals surface area (Å²) in [5.41, 5.74) is 0. The van der Waals surface area contributed by atoms with Crippen molar-refractivity contribution in [2.24, 2.45) is 0 Å². The Labute approximate surface area is 107 Å². The molecule has 1 fully saturated rings. The fraction of sp³-hybridized carbons (Fsp3) is 0.615. The van der Waals surface area contributed by atoms with Gasteiger partial charge in [-0.3, -0.25) is 9.69 Å². The van der Waals surface area contributed by atoms with Crippen molar-refractivity contribution in [3.63, 3.8) is 0 Å². The second-order valence-electron chi connectivity index (χ2n) is 4.48. The molecule has 0 aromatic carbocycles. The maximum Gasteiger partial charge on any atom is 0.225 e. The van der Waals surface area contributed by atoms with Gasteiger partial charge in [0.1, 0.15) is 0 Å². The normalized spacial score (nSPS) is 20.6. The highest BCUT2D eigenvalue weighted by molar-refractivity contribution is 7.10. The van der Waals surface area contributed by atoms with Crippen LogP contribution in [0, 0.1) is 0 Å². The molecule has 1 unspecified atom stereocenters. The smallest absolute Gasteiger partial charge is 0.225 e. The highest BCUT2D eigenvalue weighted by Gasteiger charge is 2.22. The van der Waals surface area contributed by atoms with E-state index in [1.165, 1.54) is 19.4 Å². The van der Waals surface area contributed by atoms with Crippen LogP contribution in [0.15, 0.2) is 17.5 Å². The van der Waals surface area contributed by atoms with E-state index >= 15 is 0 Å². The predicted molar refractivity (Wildman–Crippen MR) is 71.3 cm³/mol. The van der Waals surface area contributed by atoms with Crippen molar-refractivity contribution in [1.29, 1.82) is 0 Å². The third-order valence-corrected chi connectivity index (χ3v) is 4.23. The van der Waals surface area contributed by atoms with Crippen LogP contribution in [-0.2, 0) is 11.2 Å². The minimum Gasteiger partial charge on any atom is -0.354 e. The molecule has 0 spiro atoms. The zero-order valence-electron chi connectivity index (χ0n) is 10.3. The SMILES string of the molecule is CCN1CCCC1CNC(=O)Cc1cccs1. The van der Waals surface area contributed by atoms with Crippen LogP contribution in [0.5, 0.6) is 0 Å². The van der Waals surface area contributed by atoms with Crippen LogP contribution in [0.3, 0.4) is 0 Å². The molecule has 94 valence electrons. The van der Waals surface area contributed by atoms with Crippen molar-refractivity contribution in [3.05, 3.63) is 22.4 Å². The zero-order valence-corrected chi connectivity index (χ0v) is 11.1. The number of likely N-dealkylation sites (tertiary alicyclic amines) is 1. The summed E-state index contributed by atoms with van der Waals surface area (Å²) in [6.45, 7) is 5.26. The molecule has 3 nitrogen and oxygen atoms in total. The summed E-state index contributed by atoms with van der Waals surface area (Å²) >= 11 is 1.64. The van der Waals surface area contributed by atoms with E-state index in [1.54, 1.807) is 11.3 Å². The number of carbonyl (C=O) groups is 1. The first-order chi connectivity index (χ1) is 8.29. The van der Waals surface area contributed by atoms with E-state index in [-0.39, 0.29) is 5.91 Å². The number of amides is 1. The molecule has 1 aromatic rings. The molecule has 1 amide bonds. The van der Waals surface area contributed by atoms with Crippen molar-refractivity contribution in [3.8, 4) is 0 Å². The molecule has 1 N–H and O–H groups in total. The standard InChI is InChI=1S/C13H20N2OS/c1-2-15-7-3-5-11(15)10-14-13(16)9-12-6-4-8-17-12/h4,6,8,11H,2-3,5,7,9-10H2,1H3,(H,14,16). The molecule has 0 bridgehead atoms. The number of rotatable bonds is 5. The average Bonchev–Trinajstić information content (AvgIpc) is 2.96. The van der Waals surface area contributed by atoms with Crippen LogP contribution in [0.25, 0.3) is 0 Å². The number of likely N-dealkylation sites (N-methyl/N-ethyl adjacent to an activating group) is 1. The minimum atomic E-state index is 0.149. The summed E-state index contributed by atoms with van der Waals surface area (Å²) in [4.78, 5) is 15.3. The van der Waals surface area contributed by atoms with Gasteiger partial charge in [-0.05, 0) is 37.4 Å². The average molecular weight is 252 g/mol. The van der Waals surface area contributed by atoms with E-state index in [9.17, 15) is 4.79 Å². The van der Waals surface area contributed by atoms with Crippen LogP contribution >= 0.6 is 11.3 Å². The summed E-state index contributed by atoms with van der Waals surface area (Å²) in [7, 11) is 0. The monoisotopic (exact) mass is 252 g/mol. The largest absolute Gasteiger partial charge is 0.354 e. The maximum atomic E-state index is 11.7. The lowest BCUT2D eigenvalue weighted by molar-refractivity contribution is -0.120. The Bertz CT molecular complexity index is 350. The van der Waals surface area contributed by atoms with E-state index in [1.807, 2.05) is 17.5 Å². The first-order valence-corrected chi connectivity index (χ1v) is 7.20. The number of nitrogens with zero attached hydrogens (tertiary/aromatic N) is 1. The summed E-state index contributed by atoms with van der Waals surface area (Å²) in [5, 5.41) is 5.07. The van der Waals surface area contributed by atoms with Crippen molar-refractivity contribution in [2.45, 2.75) is 32.2 Å². The highest BCUT2D eigenvalue weighted by Crippen LogP contribution is 2.15. The van der Waals surface area contributed by atoms with Gasteiger partial charge in [-0.15, -0.1) is 11.3 Å². The minimum absolute atomic E-state index is 0.149. The Hall–Kier alpha value is -0.870. The molecule has 0 aliphatic carbocycles. The Kier molecular flexibility index (Phi) is 4.57. The van der Waals surface area contributed by atoms with Gasteiger partial charge in [-0.25, -0.2) is 0 Å². The van der Waals surface area contributed by atoms with Crippen LogP contribution in [0.1, 0.15) is 24.6 Å². The second-order valence-corrected chi connectivity index (χ2v) is 5.52. The van der Waals surface area contributed by atoms with Crippen LogP contribution in [0.2, 0.25) is 0 Å². The highest BCUT2D eigenvalue weighted by atomic mass is 32.1. The zero-order chi connectivity index (χ0) is 12.1. The van der Waals surface area contributed by atoms with Gasteiger partial charge in [0.25, 0.3) is 0 Å². The van der Waals surface area contributed by atoms with Crippen molar-refractivity contribution >= 4 is 17.2 Å². The molecule has 1 saturated heterocycles. The van der Waals surface area contributed by atoms with Crippen LogP contribution in [-0.4, -0.2) is 36.5 Å². The van der Waals surface area contributed by atoms with Gasteiger partial charge in [0.15, 0.2) is 0 Å². The van der Waals surface area contributed by atoms with Gasteiger partial charge in [0.05, 0.1) is 6.42 Å². The lowest BCUT2D eigenvalue weighted by atomic mass is 10.2. The fourth-order valence-electron chi connectivity index (χ4n) is 2.41. The number of carbonyl (C=O) groups excluding carboxylic acids is 1. The molecule has 0 saturated carbocycles. The molecule has 1 aliphatic rings. The molecule has 1 aliphatic heterocycles. The molecular weight excluding hydrogens is 232 g/mol. The fourth-order valence-corrected chi connectivity index (χ4v) is 3.11. The molecule has 1 atom stereocenters. The van der Waals surface area contributed by atoms with Gasteiger partial charge in [-0.2, -0.15) is 0 Å². The van der Waals surface area contributed by atoms with Gasteiger partial charge in [0.2, 0.25) is 5.91 Å². The maximum absolute atomic E-state index is 11.7. The predicted octanol–water partition coefficient (Wildman–Crippen LogP) is 1.89. The summed E-state index contributed by atoms with van der Waals surface area (Å²) in [6, 6.07) is 4.55. The van der Waals surface area contributed by atoms with Crippen LogP contribution < -0.4 is 5.32 Å². The third kappa shape index (κ3) is 3.54. The van der Waals surface area contributed by atoms with Crippen molar-refractivity contribution in [1.82, 2.24) is 10.2 Å². The Morgan fingerprint density at radius 3 is 3.24 bits per heavy atom. The molecular formula is C13H20N2OS. The first-order valence-electron chi connectivity index (χ1n) is 6.32. The molecule has 0 radical (unpaired) electrons. The van der Waals surface area contributed by atoms with E-state index < -0.39 is 0 Å². The lowest BCUT2D eigenvalue weighted by Gasteiger charge is -2.22. The molecule has 2 rings (SSSR count). The van der Waals surface area contributed by atoms with E-state index in [0.29, 0.717) is 12.5 Å². The number of thiophene rings is 1. The van der Waals surface area contributed by atoms with E-state index in [4.69, 9.17) is 0 Å². The van der Waals surface area contributed by atoms with Gasteiger partial charge < -0.3 is 5.32 Å². The van der Waals surface area contributed by atoms with Gasteiger partial charge >= 0.3 is 0 Å². The topological polar surface area (TPSA) is 32.3 Å². The summed E-state index contributed by atoms with van der Waals surface area (Å²) < 4.78 is 0.